The number of aliphatic hydroxyl groups excluding tert-OH is 1. The van der Waals surface area contributed by atoms with E-state index in [-0.39, 0.29) is 61.6 Å². The van der Waals surface area contributed by atoms with Crippen molar-refractivity contribution in [3.05, 3.63) is 359 Å². The van der Waals surface area contributed by atoms with E-state index in [2.05, 4.69) is 9.07 Å². The van der Waals surface area contributed by atoms with Gasteiger partial charge < -0.3 is 35.4 Å². The average Bonchev–Trinajstić information content (AvgIpc) is 0.840. The smallest absolute Gasteiger partial charge is 0.318 e. The maximum atomic E-state index is 12.5. The molecule has 1 amide bonds. The zero-order valence-corrected chi connectivity index (χ0v) is 63.8. The predicted octanol–water partition coefficient (Wildman–Crippen LogP) is 14.5. The molecule has 0 aliphatic carbocycles. The fraction of sp³-hybridized carbons (Fsp3) is 0.167. The number of aliphatic carboxylic acids is 3. The molecule has 0 bridgehead atoms. The summed E-state index contributed by atoms with van der Waals surface area (Å²) in [6.07, 6.45) is 1.28. The molecule has 0 aliphatic rings. The van der Waals surface area contributed by atoms with Crippen LogP contribution in [-0.2, 0) is 75.1 Å². The van der Waals surface area contributed by atoms with Crippen LogP contribution in [-0.4, -0.2) is 136 Å². The van der Waals surface area contributed by atoms with Crippen LogP contribution in [0.15, 0.2) is 303 Å². The Bertz CT molecular complexity index is 3900. The van der Waals surface area contributed by atoms with Crippen molar-refractivity contribution >= 4 is 112 Å². The highest BCUT2D eigenvalue weighted by atomic mass is 79.9. The maximum absolute atomic E-state index is 12.5. The van der Waals surface area contributed by atoms with Crippen molar-refractivity contribution in [3.8, 4) is 0 Å². The maximum Gasteiger partial charge on any atom is 0.318 e. The minimum Gasteiger partial charge on any atom is -0.481 e. The molecule has 10 aromatic rings. The van der Waals surface area contributed by atoms with Gasteiger partial charge in [-0.25, -0.2) is 9.47 Å². The topological polar surface area (TPSA) is 360 Å². The van der Waals surface area contributed by atoms with Gasteiger partial charge in [0.05, 0.1) is 33.9 Å². The Kier molecular flexibility index (Phi) is 45.0. The highest BCUT2D eigenvalue weighted by molar-refractivity contribution is 8.93. The highest BCUT2D eigenvalue weighted by Crippen LogP contribution is 2.36. The summed E-state index contributed by atoms with van der Waals surface area (Å²) in [5, 5.41) is 53.9. The SMILES string of the molecule is Br.COC(=O)CS(=O)C(c1ccccc1)c1ccccc1.CS(C)(=O)(O)OO.NC(=O)CS(=O)C(c1ccccc1)c1ccccc1.O=C(O)CCl.O=C(O)CS(=O)C(c1ccccc1)c1ccccc1.O=C(O)CSC(c1ccccc1)c1ccccc1.OC(c1ccccc1)c1ccccc1.OO. The molecule has 0 fully saturated rings. The van der Waals surface area contributed by atoms with E-state index in [1.54, 1.807) is 0 Å². The van der Waals surface area contributed by atoms with Crippen molar-refractivity contribution < 1.29 is 90.6 Å². The van der Waals surface area contributed by atoms with Gasteiger partial charge in [0, 0.05) is 44.9 Å². The van der Waals surface area contributed by atoms with Crippen LogP contribution < -0.4 is 5.73 Å². The van der Waals surface area contributed by atoms with Gasteiger partial charge >= 0.3 is 23.9 Å². The summed E-state index contributed by atoms with van der Waals surface area (Å²) in [6, 6.07) is 96.2. The van der Waals surface area contributed by atoms with E-state index in [1.165, 1.54) is 18.9 Å². The van der Waals surface area contributed by atoms with Crippen LogP contribution in [0.3, 0.4) is 0 Å². The molecule has 20 nitrogen and oxygen atoms in total. The number of esters is 1. The number of carbonyl (C=O) groups excluding carboxylic acids is 2. The van der Waals surface area contributed by atoms with Crippen molar-refractivity contribution in [2.24, 2.45) is 5.73 Å². The predicted molar refractivity (Wildman–Crippen MR) is 424 cm³/mol. The quantitative estimate of drug-likeness (QED) is 0.0117. The number of aliphatic hydroxyl groups is 1. The number of thioether (sulfide) groups is 1. The van der Waals surface area contributed by atoms with Crippen molar-refractivity contribution in [1.29, 1.82) is 0 Å². The first-order valence-electron chi connectivity index (χ1n) is 31.2. The number of carboxylic acid groups (broad SMARTS) is 3. The number of ether oxygens (including phenoxy) is 1. The number of rotatable bonds is 24. The number of primary amides is 1. The average molecular weight is 1620 g/mol. The second kappa shape index (κ2) is 51.3. The lowest BCUT2D eigenvalue weighted by Gasteiger charge is -2.20. The number of alkyl halides is 1. The van der Waals surface area contributed by atoms with E-state index in [1.807, 2.05) is 303 Å². The van der Waals surface area contributed by atoms with Crippen LogP contribution >= 0.6 is 40.3 Å². The fourth-order valence-electron chi connectivity index (χ4n) is 9.20. The van der Waals surface area contributed by atoms with Gasteiger partial charge in [0.15, 0.2) is 0 Å². The standard InChI is InChI=1S/C16H16O3S.C15H15NO2S.C15H14O3S.C15H14O2S.C13H12O.C2H3ClO2.C2H8O4S.BrH.H2O2/c1-19-15(17)12-20(18)16(13-8-4-2-5-9-13)14-10-6-3-7-11-14;2*16-14(17)11-19(18)15(12-7-3-1-4-8-12)13-9-5-2-6-10-13;16-14(17)11-18-15(12-7-3-1-4-8-12)13-9-5-2-6-10-13;14-13(11-7-3-1-4-8-11)12-9-5-2-6-10-12;3-1-2(4)5;1-7(2,4,5)6-3;;1-2/h2-11,16H,12H2,1H3;1-10,15H,11H2,(H2,16,17);1-10,15H,11H2,(H,16,17);1-10,15H,11H2,(H,16,17);1-10,13-14H;1H2,(H,4,5);3H,1-2H3,(H,4,5);1H;1-2H. The van der Waals surface area contributed by atoms with E-state index in [0.29, 0.717) is 0 Å². The van der Waals surface area contributed by atoms with E-state index < -0.39 is 83.2 Å². The van der Waals surface area contributed by atoms with Gasteiger partial charge in [-0.3, -0.25) is 47.1 Å². The third kappa shape index (κ3) is 37.5. The van der Waals surface area contributed by atoms with E-state index in [4.69, 9.17) is 53.0 Å². The van der Waals surface area contributed by atoms with Crippen LogP contribution in [0.2, 0.25) is 0 Å². The molecule has 0 saturated heterocycles. The van der Waals surface area contributed by atoms with Gasteiger partial charge in [-0.15, -0.1) is 44.7 Å². The lowest BCUT2D eigenvalue weighted by Crippen LogP contribution is -2.29. The molecule has 0 aliphatic heterocycles. The Morgan fingerprint density at radius 1 is 0.419 bits per heavy atom. The summed E-state index contributed by atoms with van der Waals surface area (Å²) < 4.78 is 63.6. The summed E-state index contributed by atoms with van der Waals surface area (Å²) in [5.41, 5.74) is 14.7. The second-order valence-corrected chi connectivity index (χ2v) is 31.4. The minimum atomic E-state index is -4.06. The lowest BCUT2D eigenvalue weighted by atomic mass is 10.0. The number of carbonyl (C=O) groups is 5. The van der Waals surface area contributed by atoms with Gasteiger partial charge in [-0.2, -0.15) is 0 Å². The monoisotopic (exact) mass is 1610 g/mol. The van der Waals surface area contributed by atoms with Crippen LogP contribution in [0.5, 0.6) is 0 Å². The molecule has 105 heavy (non-hydrogen) atoms. The number of carboxylic acids is 3. The summed E-state index contributed by atoms with van der Waals surface area (Å²) >= 11 is 6.17. The number of benzene rings is 10. The molecule has 10 N–H and O–H groups in total. The highest BCUT2D eigenvalue weighted by Gasteiger charge is 2.26. The van der Waals surface area contributed by atoms with Crippen LogP contribution in [0.1, 0.15) is 82.7 Å². The zero-order valence-electron chi connectivity index (χ0n) is 57.3. The Hall–Kier alpha value is -8.97. The molecule has 10 aromatic carbocycles. The Labute approximate surface area is 638 Å². The van der Waals surface area contributed by atoms with E-state index >= 15 is 0 Å². The minimum absolute atomic E-state index is 0. The third-order valence-corrected chi connectivity index (χ3v) is 20.4. The van der Waals surface area contributed by atoms with Crippen molar-refractivity contribution in [2.45, 2.75) is 27.1 Å². The molecule has 27 heteroatoms. The zero-order chi connectivity index (χ0) is 76.7. The molecule has 0 aromatic heterocycles. The number of halogens is 2. The first kappa shape index (κ1) is 92.1. The first-order valence-corrected chi connectivity index (χ1v) is 39.6. The van der Waals surface area contributed by atoms with E-state index in [0.717, 1.165) is 68.1 Å². The van der Waals surface area contributed by atoms with Gasteiger partial charge in [0.1, 0.15) is 38.9 Å². The number of amides is 1. The number of methoxy groups -OCH3 is 1. The van der Waals surface area contributed by atoms with Gasteiger partial charge in [0.2, 0.25) is 5.91 Å². The lowest BCUT2D eigenvalue weighted by molar-refractivity contribution is -0.176. The number of hydrogen-bond donors (Lipinski definition) is 9. The molecule has 0 radical (unpaired) electrons. The van der Waals surface area contributed by atoms with Gasteiger partial charge in [-0.05, 0) is 55.6 Å². The Morgan fingerprint density at radius 2 is 0.629 bits per heavy atom. The molecule has 3 atom stereocenters. The van der Waals surface area contributed by atoms with Crippen molar-refractivity contribution in [2.75, 3.05) is 48.5 Å². The van der Waals surface area contributed by atoms with Crippen molar-refractivity contribution in [3.63, 3.8) is 0 Å². The summed E-state index contributed by atoms with van der Waals surface area (Å²) in [5.74, 6) is -4.60. The molecular formula is C78H85BrClNO19S5. The van der Waals surface area contributed by atoms with Gasteiger partial charge in [-0.1, -0.05) is 303 Å². The van der Waals surface area contributed by atoms with Crippen LogP contribution in [0.4, 0.5) is 0 Å². The molecule has 10 rings (SSSR count). The van der Waals surface area contributed by atoms with E-state index in [9.17, 15) is 45.9 Å². The third-order valence-electron chi connectivity index (χ3n) is 13.6. The Morgan fingerprint density at radius 3 is 0.819 bits per heavy atom. The second-order valence-electron chi connectivity index (χ2n) is 22.0. The molecule has 3 unspecified atom stereocenters. The number of hydrogen-bond acceptors (Lipinski definition) is 16. The molecule has 0 spiro atoms. The van der Waals surface area contributed by atoms with Gasteiger partial charge in [0.25, 0.3) is 0 Å². The normalized spacial score (nSPS) is 11.5. The summed E-state index contributed by atoms with van der Waals surface area (Å²) in [4.78, 5) is 53.1. The summed E-state index contributed by atoms with van der Waals surface area (Å²) in [6.45, 7) is 0. The van der Waals surface area contributed by atoms with Crippen LogP contribution in [0.25, 0.3) is 0 Å². The number of nitrogens with two attached hydrogens (primary N) is 1. The Balaban J connectivity index is 0.000000426. The van der Waals surface area contributed by atoms with Crippen molar-refractivity contribution in [1.82, 2.24) is 0 Å². The first-order chi connectivity index (χ1) is 49.8. The largest absolute Gasteiger partial charge is 0.481 e. The molecule has 0 saturated carbocycles. The molecule has 0 heterocycles. The molecule has 560 valence electrons. The van der Waals surface area contributed by atoms with Crippen LogP contribution in [0, 0.1) is 0 Å². The summed E-state index contributed by atoms with van der Waals surface area (Å²) in [7, 11) is -6.97. The molecular weight excluding hydrogens is 1530 g/mol. The fourth-order valence-corrected chi connectivity index (χ4v) is 14.3.